The Balaban J connectivity index is 1.10. The second kappa shape index (κ2) is 16.2. The van der Waals surface area contributed by atoms with Gasteiger partial charge in [-0.1, -0.05) is 30.7 Å². The maximum absolute atomic E-state index is 13.4. The van der Waals surface area contributed by atoms with Gasteiger partial charge < -0.3 is 29.0 Å². The smallest absolute Gasteiger partial charge is 0.337 e. The third-order valence-electron chi connectivity index (χ3n) is 8.49. The second-order valence-corrected chi connectivity index (χ2v) is 12.0. The Morgan fingerprint density at radius 3 is 2.20 bits per heavy atom. The summed E-state index contributed by atoms with van der Waals surface area (Å²) in [4.78, 5) is 37.6. The van der Waals surface area contributed by atoms with Crippen LogP contribution in [0.15, 0.2) is 66.7 Å². The molecule has 0 spiro atoms. The molecule has 0 bridgehead atoms. The molecule has 0 radical (unpaired) electrons. The van der Waals surface area contributed by atoms with Gasteiger partial charge in [-0.15, -0.1) is 0 Å². The van der Waals surface area contributed by atoms with E-state index in [-0.39, 0.29) is 35.0 Å². The molecule has 9 nitrogen and oxygen atoms in total. The van der Waals surface area contributed by atoms with Gasteiger partial charge in [0.15, 0.2) is 0 Å². The van der Waals surface area contributed by atoms with E-state index in [1.165, 1.54) is 33.1 Å². The summed E-state index contributed by atoms with van der Waals surface area (Å²) in [5.41, 5.74) is 2.74. The predicted molar refractivity (Wildman–Crippen MR) is 172 cm³/mol. The summed E-state index contributed by atoms with van der Waals surface area (Å²) < 4.78 is 27.6. The zero-order chi connectivity index (χ0) is 32.3. The first-order valence-corrected chi connectivity index (χ1v) is 16.1. The zero-order valence-electron chi connectivity index (χ0n) is 26.6. The number of hydrogen-bond donors (Lipinski definition) is 1. The first-order chi connectivity index (χ1) is 22.4. The van der Waals surface area contributed by atoms with E-state index in [2.05, 4.69) is 5.32 Å². The summed E-state index contributed by atoms with van der Waals surface area (Å²) in [5.74, 6) is 1.42. The van der Waals surface area contributed by atoms with Gasteiger partial charge in [0.05, 0.1) is 44.5 Å². The van der Waals surface area contributed by atoms with E-state index >= 15 is 0 Å². The minimum Gasteiger partial charge on any atom is -0.493 e. The summed E-state index contributed by atoms with van der Waals surface area (Å²) in [7, 11) is 2.68. The standard InChI is InChI=1S/C37H43NO8/c1-42-36(40)28-6-3-7-30(21-28)38-35(39)33-22-29(37(41)43-2)14-19-34(33)44-20-4-5-25-10-15-31(16-11-25)46-24-27-12-17-32(18-13-27)45-23-26-8-9-26/h10-19,22,26,28,30H,3-9,20-21,23-24H2,1-2H3,(H,38,39). The first kappa shape index (κ1) is 32.9. The first-order valence-electron chi connectivity index (χ1n) is 16.1. The van der Waals surface area contributed by atoms with Crippen molar-refractivity contribution in [2.24, 2.45) is 11.8 Å². The van der Waals surface area contributed by atoms with Crippen molar-refractivity contribution in [1.29, 1.82) is 0 Å². The highest BCUT2D eigenvalue weighted by Gasteiger charge is 2.30. The van der Waals surface area contributed by atoms with Crippen LogP contribution in [0.2, 0.25) is 0 Å². The average Bonchev–Trinajstić information content (AvgIpc) is 3.93. The van der Waals surface area contributed by atoms with Crippen LogP contribution in [0.4, 0.5) is 0 Å². The Labute approximate surface area is 270 Å². The van der Waals surface area contributed by atoms with E-state index in [1.54, 1.807) is 12.1 Å². The van der Waals surface area contributed by atoms with Gasteiger partial charge in [-0.3, -0.25) is 9.59 Å². The van der Waals surface area contributed by atoms with E-state index in [0.29, 0.717) is 25.4 Å². The third kappa shape index (κ3) is 9.49. The summed E-state index contributed by atoms with van der Waals surface area (Å²) in [6.45, 7) is 1.66. The van der Waals surface area contributed by atoms with Crippen molar-refractivity contribution >= 4 is 17.8 Å². The normalized spacial score (nSPS) is 17.4. The van der Waals surface area contributed by atoms with Crippen molar-refractivity contribution in [3.05, 3.63) is 89.0 Å². The Kier molecular flexibility index (Phi) is 11.5. The Morgan fingerprint density at radius 2 is 1.50 bits per heavy atom. The highest BCUT2D eigenvalue weighted by atomic mass is 16.5. The fourth-order valence-corrected chi connectivity index (χ4v) is 5.60. The van der Waals surface area contributed by atoms with E-state index in [9.17, 15) is 14.4 Å². The number of carbonyl (C=O) groups is 3. The number of aryl methyl sites for hydroxylation is 1. The molecule has 2 fully saturated rings. The van der Waals surface area contributed by atoms with Gasteiger partial charge in [-0.25, -0.2) is 4.79 Å². The molecule has 0 heterocycles. The van der Waals surface area contributed by atoms with E-state index in [0.717, 1.165) is 67.3 Å². The molecule has 1 N–H and O–H groups in total. The molecule has 2 atom stereocenters. The molecule has 2 unspecified atom stereocenters. The van der Waals surface area contributed by atoms with Crippen molar-refractivity contribution in [1.82, 2.24) is 5.32 Å². The zero-order valence-corrected chi connectivity index (χ0v) is 26.6. The van der Waals surface area contributed by atoms with E-state index in [1.807, 2.05) is 48.5 Å². The SMILES string of the molecule is COC(=O)c1ccc(OCCCc2ccc(OCc3ccc(OCC4CC4)cc3)cc2)c(C(=O)NC2CCCC(C(=O)OC)C2)c1. The minimum atomic E-state index is -0.539. The molecule has 0 aliphatic heterocycles. The second-order valence-electron chi connectivity index (χ2n) is 12.0. The lowest BCUT2D eigenvalue weighted by Gasteiger charge is -2.28. The lowest BCUT2D eigenvalue weighted by molar-refractivity contribution is -0.146. The molecular formula is C37H43NO8. The molecule has 1 amide bonds. The van der Waals surface area contributed by atoms with Crippen molar-refractivity contribution in [3.8, 4) is 17.2 Å². The van der Waals surface area contributed by atoms with Gasteiger partial charge in [-0.05, 0) is 104 Å². The van der Waals surface area contributed by atoms with Crippen LogP contribution in [0, 0.1) is 11.8 Å². The Hall–Kier alpha value is -4.53. The van der Waals surface area contributed by atoms with Gasteiger partial charge >= 0.3 is 11.9 Å². The van der Waals surface area contributed by atoms with Gasteiger partial charge in [0.1, 0.15) is 23.9 Å². The summed E-state index contributed by atoms with van der Waals surface area (Å²) in [5, 5.41) is 3.03. The van der Waals surface area contributed by atoms with Gasteiger partial charge in [0.2, 0.25) is 0 Å². The van der Waals surface area contributed by atoms with Gasteiger partial charge in [-0.2, -0.15) is 0 Å². The third-order valence-corrected chi connectivity index (χ3v) is 8.49. The molecular weight excluding hydrogens is 586 g/mol. The number of esters is 2. The molecule has 244 valence electrons. The number of amides is 1. The number of carbonyl (C=O) groups excluding carboxylic acids is 3. The number of nitrogens with one attached hydrogen (secondary N) is 1. The largest absolute Gasteiger partial charge is 0.493 e. The van der Waals surface area contributed by atoms with Crippen LogP contribution >= 0.6 is 0 Å². The van der Waals surface area contributed by atoms with Crippen LogP contribution in [0.1, 0.15) is 76.8 Å². The molecule has 3 aromatic carbocycles. The Bertz CT molecular complexity index is 1470. The summed E-state index contributed by atoms with van der Waals surface area (Å²) in [6.07, 6.45) is 6.88. The highest BCUT2D eigenvalue weighted by molar-refractivity contribution is 6.00. The number of ether oxygens (including phenoxy) is 5. The molecule has 2 aliphatic carbocycles. The quantitative estimate of drug-likeness (QED) is 0.154. The fraction of sp³-hybridized carbons (Fsp3) is 0.432. The molecule has 2 aliphatic rings. The lowest BCUT2D eigenvalue weighted by atomic mass is 9.85. The van der Waals surface area contributed by atoms with Gasteiger partial charge in [0.25, 0.3) is 5.91 Å². The van der Waals surface area contributed by atoms with E-state index in [4.69, 9.17) is 23.7 Å². The predicted octanol–water partition coefficient (Wildman–Crippen LogP) is 6.31. The van der Waals surface area contributed by atoms with Crippen LogP contribution < -0.4 is 19.5 Å². The maximum Gasteiger partial charge on any atom is 0.337 e. The van der Waals surface area contributed by atoms with Gasteiger partial charge in [0, 0.05) is 6.04 Å². The molecule has 0 aromatic heterocycles. The van der Waals surface area contributed by atoms with Crippen LogP contribution in [0.5, 0.6) is 17.2 Å². The van der Waals surface area contributed by atoms with Crippen molar-refractivity contribution in [3.63, 3.8) is 0 Å². The summed E-state index contributed by atoms with van der Waals surface area (Å²) in [6, 6.07) is 20.6. The lowest BCUT2D eigenvalue weighted by Crippen LogP contribution is -2.40. The van der Waals surface area contributed by atoms with Crippen LogP contribution in [0.25, 0.3) is 0 Å². The van der Waals surface area contributed by atoms with Crippen LogP contribution in [-0.4, -0.2) is 51.3 Å². The maximum atomic E-state index is 13.4. The topological polar surface area (TPSA) is 109 Å². The minimum absolute atomic E-state index is 0.177. The van der Waals surface area contributed by atoms with Crippen molar-refractivity contribution < 1.29 is 38.1 Å². The summed E-state index contributed by atoms with van der Waals surface area (Å²) >= 11 is 0. The molecule has 3 aromatic rings. The highest BCUT2D eigenvalue weighted by Crippen LogP contribution is 2.30. The van der Waals surface area contributed by atoms with E-state index < -0.39 is 5.97 Å². The number of methoxy groups -OCH3 is 2. The average molecular weight is 630 g/mol. The molecule has 46 heavy (non-hydrogen) atoms. The van der Waals surface area contributed by atoms with Crippen LogP contribution in [-0.2, 0) is 27.3 Å². The molecule has 0 saturated heterocycles. The molecule has 2 saturated carbocycles. The molecule has 9 heteroatoms. The monoisotopic (exact) mass is 629 g/mol. The van der Waals surface area contributed by atoms with Crippen molar-refractivity contribution in [2.75, 3.05) is 27.4 Å². The number of rotatable bonds is 15. The Morgan fingerprint density at radius 1 is 0.783 bits per heavy atom. The van der Waals surface area contributed by atoms with Crippen LogP contribution in [0.3, 0.4) is 0 Å². The number of benzene rings is 3. The molecule has 5 rings (SSSR count). The fourth-order valence-electron chi connectivity index (χ4n) is 5.60. The van der Waals surface area contributed by atoms with Crippen molar-refractivity contribution in [2.45, 2.75) is 64.0 Å². The number of hydrogen-bond acceptors (Lipinski definition) is 8.